The van der Waals surface area contributed by atoms with Gasteiger partial charge in [0.2, 0.25) is 5.65 Å². The second-order valence-corrected chi connectivity index (χ2v) is 6.04. The van der Waals surface area contributed by atoms with E-state index in [1.165, 1.54) is 6.20 Å². The molecule has 8 nitrogen and oxygen atoms in total. The lowest BCUT2D eigenvalue weighted by molar-refractivity contribution is 0.0315. The Bertz CT molecular complexity index is 1100. The number of imidazole rings is 1. The SMILES string of the molecule is C[C@H](OC(=O)c1cnc2n[nH]nc2c1)c1nc2cc(Cl)ccc2n1C. The van der Waals surface area contributed by atoms with Crippen LogP contribution in [0, 0.1) is 0 Å². The smallest absolute Gasteiger partial charge is 0.340 e. The first-order valence-electron chi connectivity index (χ1n) is 7.52. The van der Waals surface area contributed by atoms with Gasteiger partial charge in [-0.3, -0.25) is 0 Å². The number of nitrogens with one attached hydrogen (secondary N) is 1. The zero-order valence-electron chi connectivity index (χ0n) is 13.4. The molecule has 3 aromatic heterocycles. The quantitative estimate of drug-likeness (QED) is 0.567. The number of hydrogen-bond acceptors (Lipinski definition) is 6. The van der Waals surface area contributed by atoms with Gasteiger partial charge >= 0.3 is 5.97 Å². The van der Waals surface area contributed by atoms with Crippen LogP contribution in [0.5, 0.6) is 0 Å². The Morgan fingerprint density at radius 3 is 2.96 bits per heavy atom. The number of carbonyl (C=O) groups is 1. The lowest BCUT2D eigenvalue weighted by Gasteiger charge is -2.13. The average molecular weight is 357 g/mol. The number of aromatic amines is 1. The van der Waals surface area contributed by atoms with Crippen LogP contribution in [0.1, 0.15) is 29.2 Å². The Kier molecular flexibility index (Phi) is 3.61. The second kappa shape index (κ2) is 5.82. The number of hydrogen-bond donors (Lipinski definition) is 1. The van der Waals surface area contributed by atoms with E-state index >= 15 is 0 Å². The van der Waals surface area contributed by atoms with Gasteiger partial charge in [0, 0.05) is 18.3 Å². The first-order chi connectivity index (χ1) is 12.0. The Balaban J connectivity index is 1.61. The van der Waals surface area contributed by atoms with E-state index in [9.17, 15) is 4.79 Å². The summed E-state index contributed by atoms with van der Waals surface area (Å²) in [7, 11) is 1.87. The summed E-state index contributed by atoms with van der Waals surface area (Å²) in [5.41, 5.74) is 2.90. The van der Waals surface area contributed by atoms with Gasteiger partial charge in [-0.25, -0.2) is 14.8 Å². The van der Waals surface area contributed by atoms with Crippen LogP contribution >= 0.6 is 11.6 Å². The van der Waals surface area contributed by atoms with Crippen molar-refractivity contribution in [3.8, 4) is 0 Å². The predicted molar refractivity (Wildman–Crippen MR) is 91.2 cm³/mol. The zero-order chi connectivity index (χ0) is 17.6. The van der Waals surface area contributed by atoms with Crippen LogP contribution in [0.3, 0.4) is 0 Å². The van der Waals surface area contributed by atoms with Gasteiger partial charge in [-0.1, -0.05) is 11.6 Å². The fraction of sp³-hybridized carbons (Fsp3) is 0.188. The number of aryl methyl sites for hydroxylation is 1. The number of fused-ring (bicyclic) bond motifs is 2. The Morgan fingerprint density at radius 1 is 1.28 bits per heavy atom. The fourth-order valence-corrected chi connectivity index (χ4v) is 2.86. The van der Waals surface area contributed by atoms with Crippen molar-refractivity contribution in [3.05, 3.63) is 46.9 Å². The highest BCUT2D eigenvalue weighted by Gasteiger charge is 2.20. The monoisotopic (exact) mass is 356 g/mol. The van der Waals surface area contributed by atoms with Gasteiger partial charge in [-0.15, -0.1) is 5.10 Å². The number of carbonyl (C=O) groups excluding carboxylic acids is 1. The molecule has 126 valence electrons. The minimum atomic E-state index is -0.545. The molecule has 1 aromatic carbocycles. The lowest BCUT2D eigenvalue weighted by Crippen LogP contribution is -2.13. The van der Waals surface area contributed by atoms with Crippen molar-refractivity contribution in [2.45, 2.75) is 13.0 Å². The van der Waals surface area contributed by atoms with Crippen molar-refractivity contribution in [1.29, 1.82) is 0 Å². The van der Waals surface area contributed by atoms with Crippen molar-refractivity contribution < 1.29 is 9.53 Å². The molecule has 9 heteroatoms. The van der Waals surface area contributed by atoms with E-state index in [1.807, 2.05) is 17.7 Å². The van der Waals surface area contributed by atoms with Crippen LogP contribution in [-0.2, 0) is 11.8 Å². The maximum atomic E-state index is 12.4. The standard InChI is InChI=1S/C16H13ClN6O2/c1-8(15-19-11-6-10(17)3-4-13(11)23(15)2)25-16(24)9-5-12-14(18-7-9)21-22-20-12/h3-8H,1-2H3,(H,18,20,21,22)/t8-/m0/s1. The highest BCUT2D eigenvalue weighted by Crippen LogP contribution is 2.25. The van der Waals surface area contributed by atoms with Crippen LogP contribution in [0.4, 0.5) is 0 Å². The van der Waals surface area contributed by atoms with Gasteiger partial charge in [0.1, 0.15) is 5.52 Å². The van der Waals surface area contributed by atoms with Crippen molar-refractivity contribution in [3.63, 3.8) is 0 Å². The van der Waals surface area contributed by atoms with E-state index in [0.29, 0.717) is 27.6 Å². The van der Waals surface area contributed by atoms with Crippen LogP contribution in [-0.4, -0.2) is 35.9 Å². The van der Waals surface area contributed by atoms with Crippen molar-refractivity contribution in [1.82, 2.24) is 29.9 Å². The number of benzene rings is 1. The summed E-state index contributed by atoms with van der Waals surface area (Å²) in [6, 6.07) is 7.03. The highest BCUT2D eigenvalue weighted by atomic mass is 35.5. The molecule has 25 heavy (non-hydrogen) atoms. The van der Waals surface area contributed by atoms with Gasteiger partial charge in [0.25, 0.3) is 0 Å². The molecular weight excluding hydrogens is 344 g/mol. The van der Waals surface area contributed by atoms with Gasteiger partial charge < -0.3 is 9.30 Å². The first kappa shape index (κ1) is 15.5. The number of aromatic nitrogens is 6. The van der Waals surface area contributed by atoms with Crippen molar-refractivity contribution in [2.24, 2.45) is 7.05 Å². The molecule has 0 saturated carbocycles. The molecule has 0 aliphatic heterocycles. The third-order valence-electron chi connectivity index (χ3n) is 3.93. The fourth-order valence-electron chi connectivity index (χ4n) is 2.69. The minimum absolute atomic E-state index is 0.301. The van der Waals surface area contributed by atoms with Gasteiger partial charge in [0.05, 0.1) is 16.6 Å². The molecule has 0 aliphatic carbocycles. The molecule has 0 saturated heterocycles. The maximum Gasteiger partial charge on any atom is 0.340 e. The largest absolute Gasteiger partial charge is 0.451 e. The topological polar surface area (TPSA) is 98.6 Å². The molecule has 0 spiro atoms. The molecule has 4 aromatic rings. The number of rotatable bonds is 3. The summed E-state index contributed by atoms with van der Waals surface area (Å²) >= 11 is 6.01. The summed E-state index contributed by atoms with van der Waals surface area (Å²) in [6.45, 7) is 1.77. The zero-order valence-corrected chi connectivity index (χ0v) is 14.2. The Hall–Kier alpha value is -3.00. The van der Waals surface area contributed by atoms with E-state index in [4.69, 9.17) is 16.3 Å². The average Bonchev–Trinajstić information content (AvgIpc) is 3.18. The predicted octanol–water partition coefficient (Wildman–Crippen LogP) is 2.81. The van der Waals surface area contributed by atoms with E-state index in [0.717, 1.165) is 11.0 Å². The normalized spacial score (nSPS) is 12.6. The van der Waals surface area contributed by atoms with E-state index in [-0.39, 0.29) is 0 Å². The molecule has 0 radical (unpaired) electrons. The van der Waals surface area contributed by atoms with Crippen LogP contribution in [0.15, 0.2) is 30.5 Å². The number of esters is 1. The first-order valence-corrected chi connectivity index (χ1v) is 7.90. The molecule has 1 atom stereocenters. The summed E-state index contributed by atoms with van der Waals surface area (Å²) in [5.74, 6) is 0.121. The van der Waals surface area contributed by atoms with E-state index < -0.39 is 12.1 Å². The molecule has 0 amide bonds. The minimum Gasteiger partial charge on any atom is -0.451 e. The number of pyridine rings is 1. The molecule has 3 heterocycles. The van der Waals surface area contributed by atoms with Crippen LogP contribution in [0.2, 0.25) is 5.02 Å². The molecule has 4 rings (SSSR count). The van der Waals surface area contributed by atoms with E-state index in [2.05, 4.69) is 25.4 Å². The Labute approximate surface area is 146 Å². The van der Waals surface area contributed by atoms with Gasteiger partial charge in [-0.05, 0) is 31.2 Å². The molecular formula is C16H13ClN6O2. The maximum absolute atomic E-state index is 12.4. The molecule has 1 N–H and O–H groups in total. The van der Waals surface area contributed by atoms with Gasteiger partial charge in [0.15, 0.2) is 11.9 Å². The second-order valence-electron chi connectivity index (χ2n) is 5.60. The summed E-state index contributed by atoms with van der Waals surface area (Å²) in [6.07, 6.45) is 0.867. The van der Waals surface area contributed by atoms with Gasteiger partial charge in [-0.2, -0.15) is 10.3 Å². The number of ether oxygens (including phenoxy) is 1. The molecule has 0 unspecified atom stereocenters. The summed E-state index contributed by atoms with van der Waals surface area (Å²) in [4.78, 5) is 21.0. The number of nitrogens with zero attached hydrogens (tertiary/aromatic N) is 5. The van der Waals surface area contributed by atoms with E-state index in [1.54, 1.807) is 25.1 Å². The highest BCUT2D eigenvalue weighted by molar-refractivity contribution is 6.31. The van der Waals surface area contributed by atoms with Crippen molar-refractivity contribution >= 4 is 39.8 Å². The summed E-state index contributed by atoms with van der Waals surface area (Å²) in [5, 5.41) is 10.8. The molecule has 0 fully saturated rings. The third kappa shape index (κ3) is 2.70. The lowest BCUT2D eigenvalue weighted by atomic mass is 10.2. The third-order valence-corrected chi connectivity index (χ3v) is 4.17. The summed E-state index contributed by atoms with van der Waals surface area (Å²) < 4.78 is 7.41. The number of halogens is 1. The number of H-pyrrole nitrogens is 1. The molecule has 0 bridgehead atoms. The van der Waals surface area contributed by atoms with Crippen molar-refractivity contribution in [2.75, 3.05) is 0 Å². The van der Waals surface area contributed by atoms with Crippen LogP contribution in [0.25, 0.3) is 22.2 Å². The molecule has 0 aliphatic rings. The Morgan fingerprint density at radius 2 is 2.12 bits per heavy atom. The van der Waals surface area contributed by atoms with Crippen LogP contribution < -0.4 is 0 Å².